The van der Waals surface area contributed by atoms with E-state index in [4.69, 9.17) is 8.83 Å². The average Bonchev–Trinajstić information content (AvgIpc) is 3.09. The molecule has 0 spiro atoms. The van der Waals surface area contributed by atoms with E-state index in [0.29, 0.717) is 11.5 Å². The number of hydrogen-bond acceptors (Lipinski definition) is 6. The Kier molecular flexibility index (Phi) is 5.28. The van der Waals surface area contributed by atoms with Gasteiger partial charge in [-0.15, -0.1) is 0 Å². The second-order valence-corrected chi connectivity index (χ2v) is 8.32. The van der Waals surface area contributed by atoms with Crippen molar-refractivity contribution in [3.05, 3.63) is 41.0 Å². The van der Waals surface area contributed by atoms with Gasteiger partial charge < -0.3 is 8.83 Å². The number of hydrogen-bond donors (Lipinski definition) is 3. The van der Waals surface area contributed by atoms with E-state index in [0.717, 1.165) is 6.07 Å². The number of hydrazine groups is 1. The minimum atomic E-state index is -3.90. The summed E-state index contributed by atoms with van der Waals surface area (Å²) in [5.41, 5.74) is 3.94. The number of amides is 2. The molecule has 0 saturated heterocycles. The lowest BCUT2D eigenvalue weighted by atomic mass is 10.1. The van der Waals surface area contributed by atoms with E-state index in [2.05, 4.69) is 15.6 Å². The summed E-state index contributed by atoms with van der Waals surface area (Å²) >= 11 is 0. The number of sulfonamides is 1. The van der Waals surface area contributed by atoms with Crippen LogP contribution in [0.2, 0.25) is 0 Å². The Morgan fingerprint density at radius 3 is 2.15 bits per heavy atom. The topological polar surface area (TPSA) is 131 Å². The van der Waals surface area contributed by atoms with Gasteiger partial charge in [0.05, 0.1) is 5.56 Å². The van der Waals surface area contributed by atoms with Crippen LogP contribution in [-0.4, -0.2) is 25.8 Å². The standard InChI is InChI=1S/C16H21N3O6S/c1-9-8-11(10(2)24-9)14(20)17-18-15(21)12-6-7-13(25-12)26(22,23)19-16(3,4)5/h6-8,19H,1-5H3,(H,17,20)(H,18,21). The van der Waals surface area contributed by atoms with Crippen molar-refractivity contribution in [1.29, 1.82) is 0 Å². The smallest absolute Gasteiger partial charge is 0.305 e. The predicted octanol–water partition coefficient (Wildman–Crippen LogP) is 1.64. The van der Waals surface area contributed by atoms with E-state index in [1.54, 1.807) is 34.6 Å². The van der Waals surface area contributed by atoms with Gasteiger partial charge in [-0.2, -0.15) is 0 Å². The summed E-state index contributed by atoms with van der Waals surface area (Å²) in [6, 6.07) is 3.90. The molecule has 0 atom stereocenters. The van der Waals surface area contributed by atoms with Crippen molar-refractivity contribution in [1.82, 2.24) is 15.6 Å². The monoisotopic (exact) mass is 383 g/mol. The van der Waals surface area contributed by atoms with Crippen LogP contribution in [0, 0.1) is 13.8 Å². The van der Waals surface area contributed by atoms with E-state index in [-0.39, 0.29) is 11.3 Å². The fourth-order valence-corrected chi connectivity index (χ4v) is 3.49. The molecule has 2 aromatic rings. The summed E-state index contributed by atoms with van der Waals surface area (Å²) in [5.74, 6) is -0.658. The van der Waals surface area contributed by atoms with Gasteiger partial charge in [0.1, 0.15) is 11.5 Å². The lowest BCUT2D eigenvalue weighted by molar-refractivity contribution is 0.0826. The zero-order valence-corrected chi connectivity index (χ0v) is 15.9. The van der Waals surface area contributed by atoms with Gasteiger partial charge in [-0.05, 0) is 52.8 Å². The summed E-state index contributed by atoms with van der Waals surface area (Å²) in [5, 5.41) is -0.398. The lowest BCUT2D eigenvalue weighted by Crippen LogP contribution is -2.41. The Morgan fingerprint density at radius 1 is 1.00 bits per heavy atom. The van der Waals surface area contributed by atoms with E-state index in [9.17, 15) is 18.0 Å². The number of carbonyl (C=O) groups is 2. The first-order valence-corrected chi connectivity index (χ1v) is 9.19. The number of furan rings is 2. The van der Waals surface area contributed by atoms with Crippen LogP contribution in [0.3, 0.4) is 0 Å². The molecule has 10 heteroatoms. The summed E-state index contributed by atoms with van der Waals surface area (Å²) in [6.07, 6.45) is 0. The summed E-state index contributed by atoms with van der Waals surface area (Å²) in [6.45, 7) is 8.34. The molecule has 2 aromatic heterocycles. The molecule has 9 nitrogen and oxygen atoms in total. The molecule has 2 amide bonds. The molecular weight excluding hydrogens is 362 g/mol. The molecule has 0 radical (unpaired) electrons. The summed E-state index contributed by atoms with van der Waals surface area (Å²) in [4.78, 5) is 24.1. The molecule has 26 heavy (non-hydrogen) atoms. The number of carbonyl (C=O) groups excluding carboxylic acids is 2. The molecule has 3 N–H and O–H groups in total. The van der Waals surface area contributed by atoms with Gasteiger partial charge in [0.25, 0.3) is 15.9 Å². The van der Waals surface area contributed by atoms with Crippen LogP contribution in [0.25, 0.3) is 0 Å². The second kappa shape index (κ2) is 6.96. The quantitative estimate of drug-likeness (QED) is 0.688. The zero-order chi connectivity index (χ0) is 19.7. The molecule has 0 fully saturated rings. The van der Waals surface area contributed by atoms with Crippen LogP contribution in [-0.2, 0) is 10.0 Å². The first kappa shape index (κ1) is 19.7. The van der Waals surface area contributed by atoms with Crippen LogP contribution in [0.4, 0.5) is 0 Å². The Labute approximate surface area is 151 Å². The first-order chi connectivity index (χ1) is 11.9. The lowest BCUT2D eigenvalue weighted by Gasteiger charge is -2.18. The number of rotatable bonds is 4. The molecule has 142 valence electrons. The van der Waals surface area contributed by atoms with Crippen LogP contribution < -0.4 is 15.6 Å². The van der Waals surface area contributed by atoms with Gasteiger partial charge in [0, 0.05) is 5.54 Å². The maximum atomic E-state index is 12.2. The molecule has 0 saturated carbocycles. The maximum absolute atomic E-state index is 12.2. The van der Waals surface area contributed by atoms with Crippen molar-refractivity contribution >= 4 is 21.8 Å². The highest BCUT2D eigenvalue weighted by Gasteiger charge is 2.26. The van der Waals surface area contributed by atoms with Gasteiger partial charge in [-0.1, -0.05) is 0 Å². The molecule has 2 heterocycles. The average molecular weight is 383 g/mol. The van der Waals surface area contributed by atoms with E-state index >= 15 is 0 Å². The number of aryl methyl sites for hydroxylation is 2. The fourth-order valence-electron chi connectivity index (χ4n) is 2.14. The Balaban J connectivity index is 2.04. The van der Waals surface area contributed by atoms with Crippen molar-refractivity contribution in [2.75, 3.05) is 0 Å². The van der Waals surface area contributed by atoms with Crippen LogP contribution in [0.1, 0.15) is 53.2 Å². The third kappa shape index (κ3) is 4.73. The van der Waals surface area contributed by atoms with Crippen LogP contribution in [0.15, 0.2) is 32.1 Å². The molecule has 0 aromatic carbocycles. The Bertz CT molecular complexity index is 934. The van der Waals surface area contributed by atoms with E-state index in [1.807, 2.05) is 0 Å². The van der Waals surface area contributed by atoms with Crippen molar-refractivity contribution in [2.24, 2.45) is 0 Å². The van der Waals surface area contributed by atoms with Gasteiger partial charge in [-0.25, -0.2) is 13.1 Å². The van der Waals surface area contributed by atoms with Gasteiger partial charge in [-0.3, -0.25) is 20.4 Å². The van der Waals surface area contributed by atoms with Crippen LogP contribution >= 0.6 is 0 Å². The largest absolute Gasteiger partial charge is 0.466 e. The molecule has 0 bridgehead atoms. The SMILES string of the molecule is Cc1cc(C(=O)NNC(=O)c2ccc(S(=O)(=O)NC(C)(C)C)o2)c(C)o1. The van der Waals surface area contributed by atoms with E-state index in [1.165, 1.54) is 12.1 Å². The van der Waals surface area contributed by atoms with Crippen LogP contribution in [0.5, 0.6) is 0 Å². The normalized spacial score (nSPS) is 12.0. The maximum Gasteiger partial charge on any atom is 0.305 e. The molecule has 0 aliphatic carbocycles. The minimum absolute atomic E-state index is 0.264. The minimum Gasteiger partial charge on any atom is -0.466 e. The van der Waals surface area contributed by atoms with E-state index < -0.39 is 32.5 Å². The first-order valence-electron chi connectivity index (χ1n) is 7.70. The van der Waals surface area contributed by atoms with Crippen molar-refractivity contribution in [3.8, 4) is 0 Å². The Hall–Kier alpha value is -2.59. The molecule has 0 unspecified atom stereocenters. The zero-order valence-electron chi connectivity index (χ0n) is 15.1. The molecule has 0 aliphatic rings. The van der Waals surface area contributed by atoms with Crippen molar-refractivity contribution in [2.45, 2.75) is 45.2 Å². The predicted molar refractivity (Wildman–Crippen MR) is 91.9 cm³/mol. The van der Waals surface area contributed by atoms with Gasteiger partial charge in [0.15, 0.2) is 5.76 Å². The molecule has 0 aliphatic heterocycles. The highest BCUT2D eigenvalue weighted by Crippen LogP contribution is 2.16. The summed E-state index contributed by atoms with van der Waals surface area (Å²) < 4.78 is 37.1. The number of nitrogens with one attached hydrogen (secondary N) is 3. The van der Waals surface area contributed by atoms with Crippen molar-refractivity contribution < 1.29 is 26.8 Å². The fraction of sp³-hybridized carbons (Fsp3) is 0.375. The third-order valence-corrected chi connectivity index (χ3v) is 4.72. The van der Waals surface area contributed by atoms with Crippen molar-refractivity contribution in [3.63, 3.8) is 0 Å². The highest BCUT2D eigenvalue weighted by molar-refractivity contribution is 7.89. The van der Waals surface area contributed by atoms with Gasteiger partial charge >= 0.3 is 5.91 Å². The van der Waals surface area contributed by atoms with Gasteiger partial charge in [0.2, 0.25) is 5.09 Å². The second-order valence-electron chi connectivity index (χ2n) is 6.71. The molecular formula is C16H21N3O6S. The Morgan fingerprint density at radius 2 is 1.62 bits per heavy atom. The summed E-state index contributed by atoms with van der Waals surface area (Å²) in [7, 11) is -3.90. The third-order valence-electron chi connectivity index (χ3n) is 3.09. The highest BCUT2D eigenvalue weighted by atomic mass is 32.2. The molecule has 2 rings (SSSR count).